The maximum Gasteiger partial charge on any atom is 0.315 e. The first kappa shape index (κ1) is 7.72. The van der Waals surface area contributed by atoms with Gasteiger partial charge in [0.1, 0.15) is 0 Å². The van der Waals surface area contributed by atoms with Gasteiger partial charge >= 0.3 is 6.55 Å². The van der Waals surface area contributed by atoms with Crippen LogP contribution in [0, 0.1) is 0 Å². The number of halogens is 3. The minimum absolute atomic E-state index is 0.284. The maximum atomic E-state index is 11.9. The second-order valence-corrected chi connectivity index (χ2v) is 2.81. The lowest BCUT2D eigenvalue weighted by Crippen LogP contribution is -2.24. The Labute approximate surface area is 66.1 Å². The molecule has 1 nitrogen and oxygen atoms in total. The molecule has 0 N–H and O–H groups in total. The summed E-state index contributed by atoms with van der Waals surface area (Å²) in [6.07, 6.45) is 4.81. The van der Waals surface area contributed by atoms with E-state index in [1.54, 1.807) is 12.2 Å². The SMILES string of the molecule is FC(F)N1C=C(Br)C=CC1. The fourth-order valence-corrected chi connectivity index (χ4v) is 1.13. The monoisotopic (exact) mass is 209 g/mol. The molecule has 0 saturated carbocycles. The van der Waals surface area contributed by atoms with E-state index >= 15 is 0 Å². The van der Waals surface area contributed by atoms with Crippen molar-refractivity contribution < 1.29 is 8.78 Å². The lowest BCUT2D eigenvalue weighted by Gasteiger charge is -2.19. The van der Waals surface area contributed by atoms with Gasteiger partial charge in [-0.25, -0.2) is 0 Å². The molecule has 1 heterocycles. The molecule has 1 aliphatic rings. The van der Waals surface area contributed by atoms with Crippen molar-refractivity contribution in [1.29, 1.82) is 0 Å². The van der Waals surface area contributed by atoms with Gasteiger partial charge in [0.25, 0.3) is 0 Å². The van der Waals surface area contributed by atoms with Gasteiger partial charge in [0.05, 0.1) is 0 Å². The summed E-state index contributed by atoms with van der Waals surface area (Å²) in [5.74, 6) is 0. The first-order chi connectivity index (χ1) is 4.70. The number of allylic oxidation sites excluding steroid dienone is 2. The average molecular weight is 210 g/mol. The van der Waals surface area contributed by atoms with E-state index in [1.807, 2.05) is 0 Å². The third kappa shape index (κ3) is 1.80. The molecule has 0 aromatic carbocycles. The lowest BCUT2D eigenvalue weighted by molar-refractivity contribution is 0.0124. The van der Waals surface area contributed by atoms with Gasteiger partial charge in [-0.05, 0) is 22.0 Å². The highest BCUT2D eigenvalue weighted by atomic mass is 79.9. The van der Waals surface area contributed by atoms with E-state index in [2.05, 4.69) is 15.9 Å². The highest BCUT2D eigenvalue weighted by Crippen LogP contribution is 2.16. The van der Waals surface area contributed by atoms with Gasteiger partial charge in [-0.15, -0.1) is 0 Å². The number of rotatable bonds is 1. The third-order valence-electron chi connectivity index (χ3n) is 1.13. The Hall–Kier alpha value is -0.380. The van der Waals surface area contributed by atoms with E-state index in [0.717, 1.165) is 4.90 Å². The molecule has 0 unspecified atom stereocenters. The van der Waals surface area contributed by atoms with Crippen LogP contribution in [0.1, 0.15) is 0 Å². The van der Waals surface area contributed by atoms with Crippen molar-refractivity contribution in [3.05, 3.63) is 22.8 Å². The summed E-state index contributed by atoms with van der Waals surface area (Å²) in [6, 6.07) is 0. The van der Waals surface area contributed by atoms with E-state index in [4.69, 9.17) is 0 Å². The molecule has 0 aromatic heterocycles. The van der Waals surface area contributed by atoms with E-state index < -0.39 is 6.55 Å². The Morgan fingerprint density at radius 3 is 2.70 bits per heavy atom. The molecule has 0 radical (unpaired) electrons. The fraction of sp³-hybridized carbons (Fsp3) is 0.333. The summed E-state index contributed by atoms with van der Waals surface area (Å²) in [5, 5.41) is 0. The van der Waals surface area contributed by atoms with Crippen LogP contribution >= 0.6 is 15.9 Å². The van der Waals surface area contributed by atoms with Crippen molar-refractivity contribution in [3.63, 3.8) is 0 Å². The summed E-state index contributed by atoms with van der Waals surface area (Å²) in [7, 11) is 0. The molecule has 0 fully saturated rings. The first-order valence-electron chi connectivity index (χ1n) is 2.78. The summed E-state index contributed by atoms with van der Waals surface area (Å²) in [6.45, 7) is -2.12. The molecule has 0 bridgehead atoms. The predicted molar refractivity (Wildman–Crippen MR) is 38.9 cm³/mol. The minimum atomic E-state index is -2.41. The Balaban J connectivity index is 2.60. The average Bonchev–Trinajstić information content (AvgIpc) is 1.88. The van der Waals surface area contributed by atoms with Gasteiger partial charge in [0.15, 0.2) is 0 Å². The third-order valence-corrected chi connectivity index (χ3v) is 1.60. The normalized spacial score (nSPS) is 18.0. The van der Waals surface area contributed by atoms with Gasteiger partial charge in [-0.3, -0.25) is 0 Å². The Morgan fingerprint density at radius 2 is 2.30 bits per heavy atom. The van der Waals surface area contributed by atoms with Crippen LogP contribution in [-0.2, 0) is 0 Å². The van der Waals surface area contributed by atoms with E-state index in [-0.39, 0.29) is 6.54 Å². The molecule has 1 aliphatic heterocycles. The molecular weight excluding hydrogens is 204 g/mol. The summed E-state index contributed by atoms with van der Waals surface area (Å²) >= 11 is 3.10. The van der Waals surface area contributed by atoms with Crippen molar-refractivity contribution in [1.82, 2.24) is 4.90 Å². The predicted octanol–water partition coefficient (Wildman–Crippen LogP) is 2.32. The molecule has 10 heavy (non-hydrogen) atoms. The molecule has 0 aliphatic carbocycles. The smallest absolute Gasteiger partial charge is 0.315 e. The number of nitrogens with zero attached hydrogens (tertiary/aromatic N) is 1. The van der Waals surface area contributed by atoms with Crippen LogP contribution in [-0.4, -0.2) is 18.0 Å². The molecule has 4 heteroatoms. The second-order valence-electron chi connectivity index (χ2n) is 1.89. The lowest BCUT2D eigenvalue weighted by atomic mass is 10.4. The van der Waals surface area contributed by atoms with Crippen molar-refractivity contribution >= 4 is 15.9 Å². The molecule has 0 amide bonds. The molecule has 0 spiro atoms. The van der Waals surface area contributed by atoms with Crippen LogP contribution in [0.2, 0.25) is 0 Å². The van der Waals surface area contributed by atoms with Crippen molar-refractivity contribution in [2.24, 2.45) is 0 Å². The fourth-order valence-electron chi connectivity index (χ4n) is 0.677. The van der Waals surface area contributed by atoms with Crippen LogP contribution in [0.25, 0.3) is 0 Å². The highest BCUT2D eigenvalue weighted by Gasteiger charge is 2.12. The van der Waals surface area contributed by atoms with Crippen molar-refractivity contribution in [3.8, 4) is 0 Å². The molecule has 0 saturated heterocycles. The number of hydrogen-bond acceptors (Lipinski definition) is 1. The highest BCUT2D eigenvalue weighted by molar-refractivity contribution is 9.11. The van der Waals surface area contributed by atoms with Crippen LogP contribution in [0.3, 0.4) is 0 Å². The largest absolute Gasteiger partial charge is 0.318 e. The van der Waals surface area contributed by atoms with Gasteiger partial charge in [-0.2, -0.15) is 8.78 Å². The van der Waals surface area contributed by atoms with Crippen molar-refractivity contribution in [2.75, 3.05) is 6.54 Å². The van der Waals surface area contributed by atoms with Crippen LogP contribution in [0.5, 0.6) is 0 Å². The Kier molecular flexibility index (Phi) is 2.43. The van der Waals surface area contributed by atoms with E-state index in [9.17, 15) is 8.78 Å². The maximum absolute atomic E-state index is 11.9. The summed E-state index contributed by atoms with van der Waals surface area (Å²) < 4.78 is 24.5. The number of alkyl halides is 2. The van der Waals surface area contributed by atoms with Gasteiger partial charge in [0, 0.05) is 17.2 Å². The summed E-state index contributed by atoms with van der Waals surface area (Å²) in [4.78, 5) is 0.948. The molecule has 56 valence electrons. The Morgan fingerprint density at radius 1 is 1.60 bits per heavy atom. The standard InChI is InChI=1S/C6H6BrF2N/c7-5-2-1-3-10(4-5)6(8)9/h1-2,4,6H,3H2. The van der Waals surface area contributed by atoms with Crippen LogP contribution < -0.4 is 0 Å². The zero-order valence-electron chi connectivity index (χ0n) is 5.10. The first-order valence-corrected chi connectivity index (χ1v) is 3.57. The molecule has 1 rings (SSSR count). The van der Waals surface area contributed by atoms with Crippen molar-refractivity contribution in [2.45, 2.75) is 6.55 Å². The minimum Gasteiger partial charge on any atom is -0.318 e. The van der Waals surface area contributed by atoms with Gasteiger partial charge < -0.3 is 4.90 Å². The van der Waals surface area contributed by atoms with Crippen LogP contribution in [0.4, 0.5) is 8.78 Å². The summed E-state index contributed by atoms with van der Waals surface area (Å²) in [5.41, 5.74) is 0. The number of hydrogen-bond donors (Lipinski definition) is 0. The molecular formula is C6H6BrF2N. The van der Waals surface area contributed by atoms with E-state index in [0.29, 0.717) is 4.48 Å². The molecule has 0 atom stereocenters. The zero-order valence-corrected chi connectivity index (χ0v) is 6.68. The van der Waals surface area contributed by atoms with E-state index in [1.165, 1.54) is 6.20 Å². The van der Waals surface area contributed by atoms with Gasteiger partial charge in [0.2, 0.25) is 0 Å². The quantitative estimate of drug-likeness (QED) is 0.600. The zero-order chi connectivity index (χ0) is 7.56. The second kappa shape index (κ2) is 3.14. The Bertz CT molecular complexity index is 177. The van der Waals surface area contributed by atoms with Crippen LogP contribution in [0.15, 0.2) is 22.8 Å². The topological polar surface area (TPSA) is 3.24 Å². The van der Waals surface area contributed by atoms with Gasteiger partial charge in [-0.1, -0.05) is 6.08 Å². The molecule has 0 aromatic rings.